The minimum absolute atomic E-state index is 0.129. The third-order valence-corrected chi connectivity index (χ3v) is 5.10. The van der Waals surface area contributed by atoms with Crippen LogP contribution >= 0.6 is 0 Å². The van der Waals surface area contributed by atoms with Gasteiger partial charge in [0, 0.05) is 33.1 Å². The first-order valence-electron chi connectivity index (χ1n) is 9.39. The molecule has 0 aliphatic carbocycles. The van der Waals surface area contributed by atoms with E-state index in [1.165, 1.54) is 0 Å². The summed E-state index contributed by atoms with van der Waals surface area (Å²) in [5, 5.41) is 10.5. The number of pyridine rings is 2. The van der Waals surface area contributed by atoms with Crippen LogP contribution in [0.25, 0.3) is 21.9 Å². The van der Waals surface area contributed by atoms with Gasteiger partial charge in [-0.2, -0.15) is 0 Å². The summed E-state index contributed by atoms with van der Waals surface area (Å²) in [6, 6.07) is 7.29. The van der Waals surface area contributed by atoms with Gasteiger partial charge in [-0.05, 0) is 37.1 Å². The molecule has 0 unspecified atom stereocenters. The number of carbonyl (C=O) groups is 1. The Morgan fingerprint density at radius 3 is 2.36 bits per heavy atom. The number of aromatic nitrogens is 2. The zero-order valence-corrected chi connectivity index (χ0v) is 17.0. The minimum Gasteiger partial charge on any atom is -0.480 e. The maximum Gasteiger partial charge on any atom is 0.323 e. The highest BCUT2D eigenvalue weighted by atomic mass is 16.4. The largest absolute Gasteiger partial charge is 0.480 e. The number of aliphatic carboxylic acids is 1. The molecule has 0 aliphatic rings. The van der Waals surface area contributed by atoms with Crippen molar-refractivity contribution in [3.8, 4) is 0 Å². The zero-order valence-electron chi connectivity index (χ0n) is 17.0. The number of rotatable bonds is 6. The number of benzene rings is 1. The first kappa shape index (κ1) is 19.7. The third kappa shape index (κ3) is 3.17. The van der Waals surface area contributed by atoms with Gasteiger partial charge in [-0.25, -0.2) is 4.98 Å². The SMILES string of the molecule is CCc1ccc2c(=O)c3ccc(N(C)CC)nc3n(CC(=O)O)c2c1N(C)C. The van der Waals surface area contributed by atoms with Crippen molar-refractivity contribution in [1.82, 2.24) is 9.55 Å². The molecule has 7 heteroatoms. The molecule has 0 spiro atoms. The Morgan fingerprint density at radius 1 is 1.11 bits per heavy atom. The molecule has 0 fully saturated rings. The Balaban J connectivity index is 2.57. The van der Waals surface area contributed by atoms with E-state index in [-0.39, 0.29) is 12.0 Å². The van der Waals surface area contributed by atoms with Gasteiger partial charge in [0.25, 0.3) is 0 Å². The Kier molecular flexibility index (Phi) is 5.27. The summed E-state index contributed by atoms with van der Waals surface area (Å²) >= 11 is 0. The molecule has 0 bridgehead atoms. The summed E-state index contributed by atoms with van der Waals surface area (Å²) in [6.07, 6.45) is 0.773. The van der Waals surface area contributed by atoms with Crippen LogP contribution in [0.5, 0.6) is 0 Å². The van der Waals surface area contributed by atoms with Crippen molar-refractivity contribution in [2.45, 2.75) is 26.8 Å². The fourth-order valence-corrected chi connectivity index (χ4v) is 3.60. The topological polar surface area (TPSA) is 78.7 Å². The minimum atomic E-state index is -0.978. The van der Waals surface area contributed by atoms with Gasteiger partial charge in [-0.1, -0.05) is 13.0 Å². The van der Waals surface area contributed by atoms with Gasteiger partial charge in [-0.15, -0.1) is 0 Å². The summed E-state index contributed by atoms with van der Waals surface area (Å²) in [5.41, 5.74) is 2.80. The number of fused-ring (bicyclic) bond motifs is 2. The molecule has 148 valence electrons. The summed E-state index contributed by atoms with van der Waals surface area (Å²) in [5.74, 6) is -0.278. The van der Waals surface area contributed by atoms with Gasteiger partial charge >= 0.3 is 5.97 Å². The van der Waals surface area contributed by atoms with E-state index in [1.54, 1.807) is 22.8 Å². The van der Waals surface area contributed by atoms with E-state index in [9.17, 15) is 14.7 Å². The lowest BCUT2D eigenvalue weighted by Crippen LogP contribution is -2.22. The summed E-state index contributed by atoms with van der Waals surface area (Å²) < 4.78 is 1.66. The molecule has 0 saturated carbocycles. The predicted octanol–water partition coefficient (Wildman–Crippen LogP) is 2.72. The first-order chi connectivity index (χ1) is 13.3. The fraction of sp³-hybridized carbons (Fsp3) is 0.381. The lowest BCUT2D eigenvalue weighted by Gasteiger charge is -2.24. The second-order valence-electron chi connectivity index (χ2n) is 7.08. The molecule has 3 aromatic rings. The number of nitrogens with zero attached hydrogens (tertiary/aromatic N) is 4. The maximum absolute atomic E-state index is 13.2. The molecule has 3 rings (SSSR count). The standard InChI is InChI=1S/C21H26N4O3/c1-6-13-8-9-14-19(18(13)23(3)4)25(12-17(26)27)21-15(20(14)28)10-11-16(22-21)24(5)7-2/h8-11H,6-7,12H2,1-5H3,(H,26,27). The van der Waals surface area contributed by atoms with E-state index in [4.69, 9.17) is 0 Å². The summed E-state index contributed by atoms with van der Waals surface area (Å²) in [6.45, 7) is 4.53. The molecular formula is C21H26N4O3. The molecule has 28 heavy (non-hydrogen) atoms. The molecule has 0 aliphatic heterocycles. The van der Waals surface area contributed by atoms with Gasteiger partial charge in [0.2, 0.25) is 0 Å². The van der Waals surface area contributed by atoms with E-state index in [1.807, 2.05) is 50.9 Å². The monoisotopic (exact) mass is 382 g/mol. The van der Waals surface area contributed by atoms with E-state index in [0.717, 1.165) is 24.2 Å². The Hall–Kier alpha value is -3.09. The van der Waals surface area contributed by atoms with Crippen molar-refractivity contribution in [3.05, 3.63) is 40.1 Å². The molecule has 2 aromatic heterocycles. The van der Waals surface area contributed by atoms with Crippen LogP contribution in [0.2, 0.25) is 0 Å². The van der Waals surface area contributed by atoms with Crippen molar-refractivity contribution in [2.24, 2.45) is 0 Å². The van der Waals surface area contributed by atoms with E-state index < -0.39 is 5.97 Å². The average molecular weight is 382 g/mol. The average Bonchev–Trinajstić information content (AvgIpc) is 2.68. The summed E-state index contributed by atoms with van der Waals surface area (Å²) in [7, 11) is 5.72. The van der Waals surface area contributed by atoms with E-state index in [0.29, 0.717) is 27.8 Å². The van der Waals surface area contributed by atoms with Crippen molar-refractivity contribution in [3.63, 3.8) is 0 Å². The quantitative estimate of drug-likeness (QED) is 0.661. The number of hydrogen-bond acceptors (Lipinski definition) is 5. The summed E-state index contributed by atoms with van der Waals surface area (Å²) in [4.78, 5) is 33.5. The van der Waals surface area contributed by atoms with E-state index >= 15 is 0 Å². The molecular weight excluding hydrogens is 356 g/mol. The number of carboxylic acids is 1. The number of carboxylic acid groups (broad SMARTS) is 1. The molecule has 1 N–H and O–H groups in total. The van der Waals surface area contributed by atoms with Crippen LogP contribution in [0, 0.1) is 0 Å². The van der Waals surface area contributed by atoms with Gasteiger partial charge < -0.3 is 19.5 Å². The van der Waals surface area contributed by atoms with Gasteiger partial charge in [0.1, 0.15) is 18.0 Å². The van der Waals surface area contributed by atoms with Crippen molar-refractivity contribution in [1.29, 1.82) is 0 Å². The van der Waals surface area contributed by atoms with Crippen molar-refractivity contribution >= 4 is 39.4 Å². The lowest BCUT2D eigenvalue weighted by molar-refractivity contribution is -0.137. The second kappa shape index (κ2) is 7.50. The Bertz CT molecular complexity index is 1120. The zero-order chi connectivity index (χ0) is 20.6. The Labute approximate surface area is 163 Å². The second-order valence-corrected chi connectivity index (χ2v) is 7.08. The highest BCUT2D eigenvalue weighted by molar-refractivity contribution is 6.00. The highest BCUT2D eigenvalue weighted by Gasteiger charge is 2.20. The molecule has 2 heterocycles. The third-order valence-electron chi connectivity index (χ3n) is 5.10. The van der Waals surface area contributed by atoms with Crippen LogP contribution in [0.4, 0.5) is 11.5 Å². The van der Waals surface area contributed by atoms with Gasteiger partial charge in [0.05, 0.1) is 16.6 Å². The van der Waals surface area contributed by atoms with Crippen molar-refractivity contribution in [2.75, 3.05) is 37.5 Å². The predicted molar refractivity (Wildman–Crippen MR) is 114 cm³/mol. The fourth-order valence-electron chi connectivity index (χ4n) is 3.60. The van der Waals surface area contributed by atoms with Crippen LogP contribution in [0.3, 0.4) is 0 Å². The van der Waals surface area contributed by atoms with Crippen LogP contribution in [-0.2, 0) is 17.8 Å². The first-order valence-corrected chi connectivity index (χ1v) is 9.39. The molecule has 7 nitrogen and oxygen atoms in total. The molecule has 1 aromatic carbocycles. The van der Waals surface area contributed by atoms with E-state index in [2.05, 4.69) is 4.98 Å². The number of hydrogen-bond donors (Lipinski definition) is 1. The Morgan fingerprint density at radius 2 is 1.79 bits per heavy atom. The highest BCUT2D eigenvalue weighted by Crippen LogP contribution is 2.31. The van der Waals surface area contributed by atoms with Gasteiger partial charge in [0.15, 0.2) is 5.43 Å². The molecule has 0 amide bonds. The van der Waals surface area contributed by atoms with Crippen LogP contribution in [-0.4, -0.2) is 48.3 Å². The number of anilines is 2. The van der Waals surface area contributed by atoms with Crippen molar-refractivity contribution < 1.29 is 9.90 Å². The lowest BCUT2D eigenvalue weighted by atomic mass is 10.0. The molecule has 0 radical (unpaired) electrons. The van der Waals surface area contributed by atoms with Crippen LogP contribution < -0.4 is 15.2 Å². The number of aryl methyl sites for hydroxylation is 1. The molecule has 0 atom stereocenters. The van der Waals surface area contributed by atoms with Gasteiger partial charge in [-0.3, -0.25) is 9.59 Å². The normalized spacial score (nSPS) is 11.2. The van der Waals surface area contributed by atoms with Crippen LogP contribution in [0.15, 0.2) is 29.1 Å². The maximum atomic E-state index is 13.2. The smallest absolute Gasteiger partial charge is 0.323 e. The van der Waals surface area contributed by atoms with Crippen LogP contribution in [0.1, 0.15) is 19.4 Å². The molecule has 0 saturated heterocycles.